The van der Waals surface area contributed by atoms with Crippen molar-refractivity contribution in [1.29, 1.82) is 0 Å². The molecule has 2 atom stereocenters. The molecule has 0 radical (unpaired) electrons. The van der Waals surface area contributed by atoms with Gasteiger partial charge in [-0.05, 0) is 46.5 Å². The van der Waals surface area contributed by atoms with Crippen LogP contribution in [-0.2, 0) is 0 Å². The van der Waals surface area contributed by atoms with Crippen LogP contribution in [0, 0.1) is 6.92 Å². The molecule has 1 N–H and O–H groups in total. The Bertz CT molecular complexity index is 321. The first-order chi connectivity index (χ1) is 6.91. The molecule has 0 saturated carbocycles. The molecule has 0 saturated heterocycles. The number of aliphatic hydroxyl groups excluding tert-OH is 1. The second-order valence-corrected chi connectivity index (χ2v) is 5.78. The van der Waals surface area contributed by atoms with Crippen LogP contribution in [0.4, 0.5) is 0 Å². The van der Waals surface area contributed by atoms with Crippen LogP contribution in [0.3, 0.4) is 0 Å². The van der Waals surface area contributed by atoms with Gasteiger partial charge in [0, 0.05) is 15.3 Å². The van der Waals surface area contributed by atoms with Crippen molar-refractivity contribution in [1.82, 2.24) is 4.90 Å². The Kier molecular flexibility index (Phi) is 3.93. The number of aliphatic hydroxyl groups is 1. The predicted molar refractivity (Wildman–Crippen MR) is 66.4 cm³/mol. The number of likely N-dealkylation sites (N-methyl/N-ethyl adjacent to an activating group) is 1. The molecule has 0 spiro atoms. The summed E-state index contributed by atoms with van der Waals surface area (Å²) in [4.78, 5) is 4.42. The molecule has 0 amide bonds. The van der Waals surface area contributed by atoms with Crippen molar-refractivity contribution in [2.75, 3.05) is 14.1 Å². The van der Waals surface area contributed by atoms with E-state index in [1.807, 2.05) is 20.2 Å². The first-order valence-corrected chi connectivity index (χ1v) is 6.15. The highest BCUT2D eigenvalue weighted by atomic mass is 32.1. The number of nitrogens with zero attached hydrogens (tertiary/aromatic N) is 1. The van der Waals surface area contributed by atoms with E-state index in [1.165, 1.54) is 4.88 Å². The van der Waals surface area contributed by atoms with Gasteiger partial charge in [0.2, 0.25) is 0 Å². The topological polar surface area (TPSA) is 23.5 Å². The smallest absolute Gasteiger partial charge is 0.106 e. The van der Waals surface area contributed by atoms with Crippen molar-refractivity contribution in [2.45, 2.75) is 38.8 Å². The van der Waals surface area contributed by atoms with Gasteiger partial charge in [-0.1, -0.05) is 6.92 Å². The normalized spacial score (nSPS) is 17.8. The van der Waals surface area contributed by atoms with E-state index in [4.69, 9.17) is 0 Å². The largest absolute Gasteiger partial charge is 0.386 e. The monoisotopic (exact) mass is 227 g/mol. The third-order valence-corrected chi connectivity index (χ3v) is 4.41. The van der Waals surface area contributed by atoms with E-state index >= 15 is 0 Å². The Morgan fingerprint density at radius 1 is 1.47 bits per heavy atom. The molecule has 1 heterocycles. The van der Waals surface area contributed by atoms with Gasteiger partial charge in [-0.2, -0.15) is 0 Å². The molecule has 0 aliphatic heterocycles. The first-order valence-electron chi connectivity index (χ1n) is 5.33. The molecule has 86 valence electrons. The van der Waals surface area contributed by atoms with E-state index in [2.05, 4.69) is 31.7 Å². The van der Waals surface area contributed by atoms with Gasteiger partial charge in [-0.3, -0.25) is 0 Å². The summed E-state index contributed by atoms with van der Waals surface area (Å²) >= 11 is 1.68. The number of hydrogen-bond donors (Lipinski definition) is 1. The van der Waals surface area contributed by atoms with E-state index in [0.717, 1.165) is 11.3 Å². The second-order valence-electron chi connectivity index (χ2n) is 4.46. The number of thiophene rings is 1. The molecule has 0 fully saturated rings. The van der Waals surface area contributed by atoms with Crippen LogP contribution in [0.2, 0.25) is 0 Å². The van der Waals surface area contributed by atoms with Gasteiger partial charge < -0.3 is 10.0 Å². The van der Waals surface area contributed by atoms with Crippen LogP contribution >= 0.6 is 11.3 Å². The lowest BCUT2D eigenvalue weighted by atomic mass is 9.89. The minimum Gasteiger partial charge on any atom is -0.386 e. The van der Waals surface area contributed by atoms with Crippen molar-refractivity contribution >= 4 is 11.3 Å². The van der Waals surface area contributed by atoms with Gasteiger partial charge >= 0.3 is 0 Å². The Labute approximate surface area is 96.5 Å². The minimum atomic E-state index is -0.406. The summed E-state index contributed by atoms with van der Waals surface area (Å²) in [5.74, 6) is 0. The quantitative estimate of drug-likeness (QED) is 0.855. The van der Waals surface area contributed by atoms with Crippen LogP contribution in [0.15, 0.2) is 12.1 Å². The molecular formula is C12H21NOS. The Hall–Kier alpha value is -0.380. The molecule has 1 rings (SSSR count). The van der Waals surface area contributed by atoms with Gasteiger partial charge in [-0.15, -0.1) is 11.3 Å². The molecule has 15 heavy (non-hydrogen) atoms. The number of rotatable bonds is 4. The highest BCUT2D eigenvalue weighted by Crippen LogP contribution is 2.35. The van der Waals surface area contributed by atoms with Gasteiger partial charge in [0.15, 0.2) is 0 Å². The number of hydrogen-bond acceptors (Lipinski definition) is 3. The van der Waals surface area contributed by atoms with Gasteiger partial charge in [0.05, 0.1) is 0 Å². The van der Waals surface area contributed by atoms with Crippen LogP contribution in [0.25, 0.3) is 0 Å². The van der Waals surface area contributed by atoms with E-state index < -0.39 is 6.10 Å². The van der Waals surface area contributed by atoms with Crippen LogP contribution < -0.4 is 0 Å². The maximum absolute atomic E-state index is 10.4. The van der Waals surface area contributed by atoms with E-state index in [-0.39, 0.29) is 5.54 Å². The van der Waals surface area contributed by atoms with Crippen molar-refractivity contribution in [3.05, 3.63) is 21.9 Å². The zero-order valence-corrected chi connectivity index (χ0v) is 11.1. The molecule has 2 nitrogen and oxygen atoms in total. The second kappa shape index (κ2) is 4.64. The van der Waals surface area contributed by atoms with Crippen molar-refractivity contribution in [3.8, 4) is 0 Å². The summed E-state index contributed by atoms with van der Waals surface area (Å²) in [6, 6.07) is 4.09. The Morgan fingerprint density at radius 2 is 2.07 bits per heavy atom. The zero-order chi connectivity index (χ0) is 11.6. The molecule has 1 aromatic heterocycles. The van der Waals surface area contributed by atoms with Crippen LogP contribution in [0.5, 0.6) is 0 Å². The van der Waals surface area contributed by atoms with E-state index in [0.29, 0.717) is 0 Å². The summed E-state index contributed by atoms with van der Waals surface area (Å²) in [6.45, 7) is 6.29. The molecule has 0 aromatic carbocycles. The maximum Gasteiger partial charge on any atom is 0.106 e. The maximum atomic E-state index is 10.4. The predicted octanol–water partition coefficient (Wildman–Crippen LogP) is 2.82. The summed E-state index contributed by atoms with van der Waals surface area (Å²) in [5.41, 5.74) is -0.183. The lowest BCUT2D eigenvalue weighted by Gasteiger charge is -2.39. The van der Waals surface area contributed by atoms with Crippen LogP contribution in [-0.4, -0.2) is 29.6 Å². The van der Waals surface area contributed by atoms with Crippen molar-refractivity contribution < 1.29 is 5.11 Å². The molecule has 0 bridgehead atoms. The molecule has 3 heteroatoms. The first kappa shape index (κ1) is 12.7. The fourth-order valence-corrected chi connectivity index (χ4v) is 2.67. The number of aryl methyl sites for hydroxylation is 1. The Balaban J connectivity index is 2.96. The average Bonchev–Trinajstić information content (AvgIpc) is 2.62. The molecule has 0 aliphatic carbocycles. The van der Waals surface area contributed by atoms with Crippen molar-refractivity contribution in [3.63, 3.8) is 0 Å². The fourth-order valence-electron chi connectivity index (χ4n) is 1.66. The molecule has 0 aliphatic rings. The molecular weight excluding hydrogens is 206 g/mol. The zero-order valence-electron chi connectivity index (χ0n) is 10.2. The average molecular weight is 227 g/mol. The SMILES string of the molecule is CCC(C)(C(O)c1ccc(C)s1)N(C)C. The molecule has 1 aromatic rings. The summed E-state index contributed by atoms with van der Waals surface area (Å²) in [6.07, 6.45) is 0.522. The fraction of sp³-hybridized carbons (Fsp3) is 0.667. The highest BCUT2D eigenvalue weighted by molar-refractivity contribution is 7.12. The van der Waals surface area contributed by atoms with Gasteiger partial charge in [0.25, 0.3) is 0 Å². The van der Waals surface area contributed by atoms with E-state index in [1.54, 1.807) is 11.3 Å². The lowest BCUT2D eigenvalue weighted by molar-refractivity contribution is 0.00308. The van der Waals surface area contributed by atoms with Gasteiger partial charge in [0.1, 0.15) is 6.10 Å². The summed E-state index contributed by atoms with van der Waals surface area (Å²) < 4.78 is 0. The van der Waals surface area contributed by atoms with Crippen molar-refractivity contribution in [2.24, 2.45) is 0 Å². The molecule has 2 unspecified atom stereocenters. The highest BCUT2D eigenvalue weighted by Gasteiger charge is 2.35. The van der Waals surface area contributed by atoms with Crippen LogP contribution in [0.1, 0.15) is 36.1 Å². The summed E-state index contributed by atoms with van der Waals surface area (Å²) in [5, 5.41) is 10.4. The third-order valence-electron chi connectivity index (χ3n) is 3.36. The summed E-state index contributed by atoms with van der Waals surface area (Å²) in [7, 11) is 4.04. The standard InChI is InChI=1S/C12H21NOS/c1-6-12(3,13(4)5)11(14)10-8-7-9(2)15-10/h7-8,11,14H,6H2,1-5H3. The van der Waals surface area contributed by atoms with E-state index in [9.17, 15) is 5.11 Å². The third kappa shape index (κ3) is 2.41. The Morgan fingerprint density at radius 3 is 2.40 bits per heavy atom. The van der Waals surface area contributed by atoms with Gasteiger partial charge in [-0.25, -0.2) is 0 Å². The lowest BCUT2D eigenvalue weighted by Crippen LogP contribution is -2.45. The minimum absolute atomic E-state index is 0.183.